The number of fused-ring (bicyclic) bond motifs is 1. The summed E-state index contributed by atoms with van der Waals surface area (Å²) in [4.78, 5) is 22.0. The second kappa shape index (κ2) is 5.04. The minimum absolute atomic E-state index is 0.436. The Morgan fingerprint density at radius 2 is 2.14 bits per heavy atom. The summed E-state index contributed by atoms with van der Waals surface area (Å²) in [5.74, 6) is 0.574. The Morgan fingerprint density at radius 1 is 1.29 bits per heavy atom. The summed E-state index contributed by atoms with van der Waals surface area (Å²) in [6.45, 7) is 0. The molecule has 0 bridgehead atoms. The number of carbonyl (C=O) groups excluding carboxylic acids is 1. The highest BCUT2D eigenvalue weighted by atomic mass is 16.1. The van der Waals surface area contributed by atoms with Crippen molar-refractivity contribution in [2.75, 3.05) is 11.1 Å². The van der Waals surface area contributed by atoms with Gasteiger partial charge in [0.2, 0.25) is 0 Å². The number of aromatic amines is 1. The van der Waals surface area contributed by atoms with E-state index in [1.165, 1.54) is 12.5 Å². The third kappa shape index (κ3) is 2.32. The van der Waals surface area contributed by atoms with Crippen LogP contribution in [-0.4, -0.2) is 27.5 Å². The predicted molar refractivity (Wildman–Crippen MR) is 81.3 cm³/mol. The minimum Gasteiger partial charge on any atom is -0.398 e. The van der Waals surface area contributed by atoms with E-state index < -0.39 is 0 Å². The fourth-order valence-electron chi connectivity index (χ4n) is 2.04. The number of aromatic nitrogens is 3. The van der Waals surface area contributed by atoms with Crippen LogP contribution in [0.5, 0.6) is 0 Å². The SMILES string of the molecule is N=Cc1cc(Nc2ncnc3[nH]c(C=O)cc23)ccc1N. The number of hydrogen-bond donors (Lipinski definition) is 4. The van der Waals surface area contributed by atoms with Crippen molar-refractivity contribution in [3.8, 4) is 0 Å². The van der Waals surface area contributed by atoms with Gasteiger partial charge in [-0.1, -0.05) is 0 Å². The topological polar surface area (TPSA) is 121 Å². The lowest BCUT2D eigenvalue weighted by atomic mass is 10.1. The lowest BCUT2D eigenvalue weighted by Crippen LogP contribution is -1.98. The van der Waals surface area contributed by atoms with Crippen molar-refractivity contribution in [1.82, 2.24) is 15.0 Å². The Bertz CT molecular complexity index is 839. The maximum atomic E-state index is 10.8. The van der Waals surface area contributed by atoms with Crippen LogP contribution < -0.4 is 11.1 Å². The summed E-state index contributed by atoms with van der Waals surface area (Å²) < 4.78 is 0. The van der Waals surface area contributed by atoms with Crippen LogP contribution in [0.2, 0.25) is 0 Å². The first-order valence-electron chi connectivity index (χ1n) is 6.17. The van der Waals surface area contributed by atoms with Gasteiger partial charge in [-0.15, -0.1) is 0 Å². The van der Waals surface area contributed by atoms with Crippen LogP contribution in [-0.2, 0) is 0 Å². The number of nitrogens with two attached hydrogens (primary N) is 1. The molecule has 7 nitrogen and oxygen atoms in total. The van der Waals surface area contributed by atoms with Crippen LogP contribution in [0.3, 0.4) is 0 Å². The van der Waals surface area contributed by atoms with E-state index in [0.717, 1.165) is 12.0 Å². The molecule has 0 amide bonds. The zero-order valence-corrected chi connectivity index (χ0v) is 10.9. The first-order chi connectivity index (χ1) is 10.2. The van der Waals surface area contributed by atoms with E-state index in [1.807, 2.05) is 0 Å². The molecule has 0 aliphatic heterocycles. The van der Waals surface area contributed by atoms with Crippen molar-refractivity contribution in [3.05, 3.63) is 41.9 Å². The van der Waals surface area contributed by atoms with Crippen molar-refractivity contribution in [2.45, 2.75) is 0 Å². The summed E-state index contributed by atoms with van der Waals surface area (Å²) in [5, 5.41) is 11.2. The van der Waals surface area contributed by atoms with Crippen LogP contribution in [0.1, 0.15) is 16.1 Å². The van der Waals surface area contributed by atoms with E-state index in [0.29, 0.717) is 33.8 Å². The zero-order chi connectivity index (χ0) is 14.8. The molecule has 3 rings (SSSR count). The molecule has 0 aliphatic carbocycles. The van der Waals surface area contributed by atoms with Gasteiger partial charge in [-0.25, -0.2) is 9.97 Å². The standard InChI is InChI=1S/C14H12N6O/c15-5-8-3-9(1-2-12(8)16)19-13-11-4-10(6-21)20-14(11)18-7-17-13/h1-7,15H,16H2,(H2,17,18,19,20). The maximum Gasteiger partial charge on any atom is 0.166 e. The number of rotatable bonds is 4. The first-order valence-corrected chi connectivity index (χ1v) is 6.17. The van der Waals surface area contributed by atoms with Gasteiger partial charge in [-0.2, -0.15) is 0 Å². The van der Waals surface area contributed by atoms with Gasteiger partial charge in [-0.3, -0.25) is 4.79 Å². The van der Waals surface area contributed by atoms with E-state index in [4.69, 9.17) is 11.1 Å². The molecule has 2 aromatic heterocycles. The predicted octanol–water partition coefficient (Wildman–Crippen LogP) is 2.09. The number of nitrogens with zero attached hydrogens (tertiary/aromatic N) is 2. The molecule has 5 N–H and O–H groups in total. The Labute approximate surface area is 119 Å². The molecule has 0 saturated heterocycles. The normalized spacial score (nSPS) is 10.5. The molecule has 0 saturated carbocycles. The second-order valence-corrected chi connectivity index (χ2v) is 4.44. The van der Waals surface area contributed by atoms with Gasteiger partial charge in [0.05, 0.1) is 11.1 Å². The Morgan fingerprint density at radius 3 is 2.90 bits per heavy atom. The van der Waals surface area contributed by atoms with Crippen LogP contribution in [0.4, 0.5) is 17.2 Å². The molecule has 3 aromatic rings. The van der Waals surface area contributed by atoms with E-state index in [9.17, 15) is 4.79 Å². The highest BCUT2D eigenvalue weighted by molar-refractivity contribution is 5.94. The lowest BCUT2D eigenvalue weighted by molar-refractivity contribution is 0.112. The summed E-state index contributed by atoms with van der Waals surface area (Å²) in [7, 11) is 0. The van der Waals surface area contributed by atoms with Gasteiger partial charge in [0.1, 0.15) is 17.8 Å². The molecular weight excluding hydrogens is 268 g/mol. The molecule has 7 heteroatoms. The summed E-state index contributed by atoms with van der Waals surface area (Å²) >= 11 is 0. The number of nitrogen functional groups attached to an aromatic ring is 1. The number of H-pyrrole nitrogens is 1. The fraction of sp³-hybridized carbons (Fsp3) is 0. The summed E-state index contributed by atoms with van der Waals surface area (Å²) in [6.07, 6.45) is 3.32. The van der Waals surface area contributed by atoms with Crippen molar-refractivity contribution in [2.24, 2.45) is 0 Å². The number of benzene rings is 1. The van der Waals surface area contributed by atoms with Gasteiger partial charge in [0, 0.05) is 23.2 Å². The molecule has 0 unspecified atom stereocenters. The van der Waals surface area contributed by atoms with Gasteiger partial charge in [0.15, 0.2) is 6.29 Å². The van der Waals surface area contributed by atoms with Crippen LogP contribution >= 0.6 is 0 Å². The summed E-state index contributed by atoms with van der Waals surface area (Å²) in [5.41, 5.74) is 8.67. The smallest absolute Gasteiger partial charge is 0.166 e. The van der Waals surface area contributed by atoms with Crippen molar-refractivity contribution >= 4 is 40.7 Å². The van der Waals surface area contributed by atoms with E-state index >= 15 is 0 Å². The van der Waals surface area contributed by atoms with Crippen molar-refractivity contribution in [1.29, 1.82) is 5.41 Å². The molecule has 0 aliphatic rings. The number of anilines is 3. The highest BCUT2D eigenvalue weighted by Gasteiger charge is 2.08. The molecule has 0 spiro atoms. The van der Waals surface area contributed by atoms with Crippen molar-refractivity contribution < 1.29 is 4.79 Å². The first kappa shape index (κ1) is 12.8. The average molecular weight is 280 g/mol. The molecular formula is C14H12N6O. The van der Waals surface area contributed by atoms with E-state index in [2.05, 4.69) is 20.3 Å². The summed E-state index contributed by atoms with van der Waals surface area (Å²) in [6, 6.07) is 6.95. The van der Waals surface area contributed by atoms with Gasteiger partial charge >= 0.3 is 0 Å². The van der Waals surface area contributed by atoms with Crippen molar-refractivity contribution in [3.63, 3.8) is 0 Å². The monoisotopic (exact) mass is 280 g/mol. The molecule has 21 heavy (non-hydrogen) atoms. The van der Waals surface area contributed by atoms with Crippen LogP contribution in [0, 0.1) is 5.41 Å². The Hall–Kier alpha value is -3.22. The number of aldehydes is 1. The Kier molecular flexibility index (Phi) is 3.07. The maximum absolute atomic E-state index is 10.8. The largest absolute Gasteiger partial charge is 0.398 e. The molecule has 0 fully saturated rings. The van der Waals surface area contributed by atoms with Gasteiger partial charge in [0.25, 0.3) is 0 Å². The van der Waals surface area contributed by atoms with E-state index in [-0.39, 0.29) is 0 Å². The van der Waals surface area contributed by atoms with Crippen LogP contribution in [0.25, 0.3) is 11.0 Å². The third-order valence-electron chi connectivity index (χ3n) is 3.08. The number of hydrogen-bond acceptors (Lipinski definition) is 6. The van der Waals surface area contributed by atoms with Gasteiger partial charge in [-0.05, 0) is 24.3 Å². The Balaban J connectivity index is 2.03. The van der Waals surface area contributed by atoms with Crippen LogP contribution in [0.15, 0.2) is 30.6 Å². The lowest BCUT2D eigenvalue weighted by Gasteiger charge is -2.08. The fourth-order valence-corrected chi connectivity index (χ4v) is 2.04. The molecule has 104 valence electrons. The minimum atomic E-state index is 0.436. The molecule has 0 atom stereocenters. The third-order valence-corrected chi connectivity index (χ3v) is 3.08. The molecule has 2 heterocycles. The van der Waals surface area contributed by atoms with E-state index in [1.54, 1.807) is 24.3 Å². The molecule has 0 radical (unpaired) electrons. The number of nitrogens with one attached hydrogen (secondary N) is 3. The van der Waals surface area contributed by atoms with Gasteiger partial charge < -0.3 is 21.4 Å². The average Bonchev–Trinajstić information content (AvgIpc) is 2.93. The second-order valence-electron chi connectivity index (χ2n) is 4.44. The highest BCUT2D eigenvalue weighted by Crippen LogP contribution is 2.25. The zero-order valence-electron chi connectivity index (χ0n) is 10.9. The number of carbonyl (C=O) groups is 1. The quantitative estimate of drug-likeness (QED) is 0.331. The molecule has 1 aromatic carbocycles.